The second kappa shape index (κ2) is 17.1. The number of hydrogen-bond donors (Lipinski definition) is 1. The number of carbonyl (C=O) groups excluding carboxylic acids is 1. The van der Waals surface area contributed by atoms with E-state index >= 15 is 0 Å². The number of aromatic nitrogens is 2. The third-order valence-corrected chi connectivity index (χ3v) is 6.66. The van der Waals surface area contributed by atoms with Crippen molar-refractivity contribution in [1.82, 2.24) is 9.97 Å². The quantitative estimate of drug-likeness (QED) is 0.230. The Morgan fingerprint density at radius 2 is 1.95 bits per heavy atom. The molecule has 0 radical (unpaired) electrons. The summed E-state index contributed by atoms with van der Waals surface area (Å²) in [5.74, 6) is 2.23. The summed E-state index contributed by atoms with van der Waals surface area (Å²) in [6.07, 6.45) is 9.17. The zero-order chi connectivity index (χ0) is 29.9. The van der Waals surface area contributed by atoms with Crippen LogP contribution in [0.3, 0.4) is 0 Å². The largest absolute Gasteiger partial charge is 2.00 e. The van der Waals surface area contributed by atoms with Crippen molar-refractivity contribution in [2.24, 2.45) is 5.92 Å². The first-order valence-electron chi connectivity index (χ1n) is 13.6. The molecule has 2 aliphatic rings. The number of allylic oxidation sites excluding steroid dienone is 1. The fraction of sp³-hybridized carbons (Fsp3) is 0.484. The fourth-order valence-corrected chi connectivity index (χ4v) is 4.76. The van der Waals surface area contributed by atoms with E-state index in [9.17, 15) is 15.2 Å². The number of anilines is 3. The van der Waals surface area contributed by atoms with Crippen LogP contribution in [0.15, 0.2) is 42.7 Å². The molecule has 1 aromatic heterocycles. The summed E-state index contributed by atoms with van der Waals surface area (Å²) >= 11 is 0. The molecule has 4 rings (SSSR count). The summed E-state index contributed by atoms with van der Waals surface area (Å²) in [5.41, 5.74) is 2.89. The molecule has 9 nitrogen and oxygen atoms in total. The van der Waals surface area contributed by atoms with Crippen molar-refractivity contribution in [3.63, 3.8) is 0 Å². The molecule has 1 atom stereocenters. The Labute approximate surface area is 269 Å². The first kappa shape index (κ1) is 36.1. The Kier molecular flexibility index (Phi) is 15.1. The van der Waals surface area contributed by atoms with E-state index in [1.807, 2.05) is 44.5 Å². The molecule has 1 fully saturated rings. The maximum absolute atomic E-state index is 11.7. The van der Waals surface area contributed by atoms with Gasteiger partial charge in [-0.3, -0.25) is 10.9 Å². The molecule has 0 spiro atoms. The van der Waals surface area contributed by atoms with Crippen molar-refractivity contribution in [2.75, 3.05) is 41.5 Å². The molecule has 1 unspecified atom stereocenters. The first-order valence-corrected chi connectivity index (χ1v) is 13.6. The minimum absolute atomic E-state index is 0. The van der Waals surface area contributed by atoms with Crippen LogP contribution in [-0.2, 0) is 10.4 Å². The average molecular weight is 782 g/mol. The molecule has 1 saturated carbocycles. The SMILES string of the molecule is C=C(C)C#N.CC.CN1CN(CC2CCC[C-](CN([C-]=O)c3cnc(C(C)(C)O)cn3)C2)c2cc(C#N)ccc21.[U+2]. The van der Waals surface area contributed by atoms with Crippen LogP contribution in [-0.4, -0.2) is 48.3 Å². The van der Waals surface area contributed by atoms with Crippen LogP contribution in [0.1, 0.15) is 71.6 Å². The average Bonchev–Trinajstić information content (AvgIpc) is 3.26. The zero-order valence-corrected chi connectivity index (χ0v) is 29.3. The van der Waals surface area contributed by atoms with Crippen LogP contribution in [0.4, 0.5) is 17.2 Å². The first-order chi connectivity index (χ1) is 19.0. The monoisotopic (exact) mass is 781 g/mol. The van der Waals surface area contributed by atoms with Gasteiger partial charge in [0.1, 0.15) is 5.60 Å². The number of benzene rings is 1. The predicted octanol–water partition coefficient (Wildman–Crippen LogP) is 5.24. The van der Waals surface area contributed by atoms with Gasteiger partial charge < -0.3 is 29.6 Å². The van der Waals surface area contributed by atoms with Gasteiger partial charge in [0.05, 0.1) is 47.8 Å². The van der Waals surface area contributed by atoms with Crippen molar-refractivity contribution in [1.29, 1.82) is 10.5 Å². The summed E-state index contributed by atoms with van der Waals surface area (Å²) in [4.78, 5) is 26.3. The minimum atomic E-state index is -1.08. The molecule has 216 valence electrons. The Hall–Kier alpha value is -2.90. The summed E-state index contributed by atoms with van der Waals surface area (Å²) in [6, 6.07) is 9.94. The topological polar surface area (TPSA) is 120 Å². The van der Waals surface area contributed by atoms with E-state index in [0.717, 1.165) is 50.3 Å². The van der Waals surface area contributed by atoms with Crippen LogP contribution in [0.25, 0.3) is 0 Å². The summed E-state index contributed by atoms with van der Waals surface area (Å²) in [6.45, 7) is 14.5. The molecule has 1 N–H and O–H groups in total. The zero-order valence-electron chi connectivity index (χ0n) is 25.1. The maximum atomic E-state index is 11.7. The van der Waals surface area contributed by atoms with Gasteiger partial charge in [0, 0.05) is 25.4 Å². The standard InChI is InChI=1S/C25H30N6O2.C4H5N.C2H6.U/c1-25(2,33)23-12-28-24(13-27-23)31(17-32)15-20-6-4-5-19(9-20)14-30-16-29(3)21-8-7-18(11-26)10-22(21)30;1-4(2)3-5;1-2;/h7-8,10,12-13,19,33H,4-6,9,14-16H2,1-3H3;1H2,2H3;1-2H3;/q-2;;;+2. The Morgan fingerprint density at radius 3 is 2.49 bits per heavy atom. The molecule has 41 heavy (non-hydrogen) atoms. The van der Waals surface area contributed by atoms with E-state index in [4.69, 9.17) is 5.26 Å². The fourth-order valence-electron chi connectivity index (χ4n) is 4.76. The summed E-state index contributed by atoms with van der Waals surface area (Å²) in [7, 11) is 2.07. The van der Waals surface area contributed by atoms with Gasteiger partial charge in [-0.1, -0.05) is 39.2 Å². The molecule has 2 aromatic rings. The van der Waals surface area contributed by atoms with Gasteiger partial charge >= 0.3 is 31.1 Å². The van der Waals surface area contributed by atoms with Gasteiger partial charge in [-0.05, 0) is 51.0 Å². The number of amides is 1. The molecule has 2 heterocycles. The Morgan fingerprint density at radius 1 is 1.27 bits per heavy atom. The van der Waals surface area contributed by atoms with E-state index in [-0.39, 0.29) is 31.1 Å². The van der Waals surface area contributed by atoms with Gasteiger partial charge in [0.25, 0.3) is 0 Å². The third-order valence-electron chi connectivity index (χ3n) is 6.66. The van der Waals surface area contributed by atoms with Gasteiger partial charge in [0.15, 0.2) is 0 Å². The molecular formula is C31H41N7O2U. The molecular weight excluding hydrogens is 740 g/mol. The van der Waals surface area contributed by atoms with Crippen molar-refractivity contribution in [3.05, 3.63) is 59.9 Å². The molecule has 1 aromatic carbocycles. The van der Waals surface area contributed by atoms with E-state index in [0.29, 0.717) is 35.1 Å². The van der Waals surface area contributed by atoms with E-state index in [1.54, 1.807) is 20.8 Å². The number of nitriles is 2. The van der Waals surface area contributed by atoms with Crippen LogP contribution in [0.2, 0.25) is 0 Å². The van der Waals surface area contributed by atoms with Crippen molar-refractivity contribution < 1.29 is 41.0 Å². The van der Waals surface area contributed by atoms with Crippen molar-refractivity contribution >= 4 is 23.6 Å². The molecule has 0 saturated heterocycles. The summed E-state index contributed by atoms with van der Waals surface area (Å²) in [5, 5.41) is 27.2. The minimum Gasteiger partial charge on any atom is -0.487 e. The van der Waals surface area contributed by atoms with Gasteiger partial charge in [-0.2, -0.15) is 23.4 Å². The number of nitrogens with zero attached hydrogens (tertiary/aromatic N) is 7. The van der Waals surface area contributed by atoms with Gasteiger partial charge in [-0.25, -0.2) is 0 Å². The number of hydrogen-bond acceptors (Lipinski definition) is 8. The second-order valence-electron chi connectivity index (χ2n) is 10.5. The van der Waals surface area contributed by atoms with Crippen LogP contribution in [0.5, 0.6) is 0 Å². The number of aliphatic hydroxyl groups is 1. The molecule has 10 heteroatoms. The molecule has 1 aliphatic carbocycles. The normalized spacial score (nSPS) is 15.9. The number of rotatable bonds is 7. The Bertz CT molecular complexity index is 1210. The smallest absolute Gasteiger partial charge is 0.487 e. The van der Waals surface area contributed by atoms with Crippen LogP contribution >= 0.6 is 0 Å². The van der Waals surface area contributed by atoms with Gasteiger partial charge in [0.2, 0.25) is 0 Å². The van der Waals surface area contributed by atoms with Gasteiger partial charge in [-0.15, -0.1) is 6.54 Å². The van der Waals surface area contributed by atoms with Crippen LogP contribution in [0, 0.1) is 65.6 Å². The van der Waals surface area contributed by atoms with E-state index < -0.39 is 5.60 Å². The van der Waals surface area contributed by atoms with Crippen molar-refractivity contribution in [2.45, 2.75) is 65.9 Å². The molecule has 1 aliphatic heterocycles. The van der Waals surface area contributed by atoms with E-state index in [1.165, 1.54) is 23.2 Å². The number of fused-ring (bicyclic) bond motifs is 1. The van der Waals surface area contributed by atoms with Crippen molar-refractivity contribution in [3.8, 4) is 12.1 Å². The van der Waals surface area contributed by atoms with Crippen LogP contribution < -0.4 is 14.7 Å². The predicted molar refractivity (Wildman–Crippen MR) is 159 cm³/mol. The second-order valence-corrected chi connectivity index (χ2v) is 10.5. The third kappa shape index (κ3) is 10.5. The Balaban J connectivity index is 0.000000951. The maximum Gasteiger partial charge on any atom is 2.00 e. The molecule has 0 bridgehead atoms. The molecule has 1 amide bonds. The summed E-state index contributed by atoms with van der Waals surface area (Å²) < 4.78 is 0. The van der Waals surface area contributed by atoms with E-state index in [2.05, 4.69) is 39.5 Å².